The summed E-state index contributed by atoms with van der Waals surface area (Å²) in [7, 11) is 0. The molecule has 3 aromatic carbocycles. The summed E-state index contributed by atoms with van der Waals surface area (Å²) in [6.07, 6.45) is 0. The molecule has 0 atom stereocenters. The molecule has 0 saturated carbocycles. The Morgan fingerprint density at radius 3 is 2.61 bits per heavy atom. The summed E-state index contributed by atoms with van der Waals surface area (Å²) in [4.78, 5) is 0. The molecule has 4 heteroatoms. The fourth-order valence-corrected chi connectivity index (χ4v) is 3.08. The van der Waals surface area contributed by atoms with Gasteiger partial charge in [0, 0.05) is 17.1 Å². The van der Waals surface area contributed by atoms with E-state index in [1.165, 1.54) is 10.8 Å². The van der Waals surface area contributed by atoms with Gasteiger partial charge < -0.3 is 10.1 Å². The predicted octanol–water partition coefficient (Wildman–Crippen LogP) is 6.16. The topological polar surface area (TPSA) is 21.3 Å². The highest BCUT2D eigenvalue weighted by Gasteiger charge is 2.09. The molecule has 2 nitrogen and oxygen atoms in total. The Kier molecular flexibility index (Phi) is 4.94. The Labute approximate surface area is 146 Å². The number of hydrogen-bond donors (Lipinski definition) is 1. The van der Waals surface area contributed by atoms with E-state index in [1.54, 1.807) is 6.07 Å². The fourth-order valence-electron chi connectivity index (χ4n) is 2.61. The van der Waals surface area contributed by atoms with Crippen LogP contribution >= 0.6 is 23.2 Å². The monoisotopic (exact) mass is 345 g/mol. The minimum atomic E-state index is 0.607. The van der Waals surface area contributed by atoms with Crippen molar-refractivity contribution in [3.05, 3.63) is 70.2 Å². The Hall–Kier alpha value is -1.90. The molecule has 3 aromatic rings. The van der Waals surface area contributed by atoms with Gasteiger partial charge in [-0.25, -0.2) is 0 Å². The second kappa shape index (κ2) is 7.12. The number of hydrogen-bond acceptors (Lipinski definition) is 2. The van der Waals surface area contributed by atoms with Gasteiger partial charge in [0.15, 0.2) is 0 Å². The van der Waals surface area contributed by atoms with Crippen LogP contribution in [-0.4, -0.2) is 6.61 Å². The maximum absolute atomic E-state index is 6.24. The third-order valence-electron chi connectivity index (χ3n) is 3.68. The van der Waals surface area contributed by atoms with Crippen molar-refractivity contribution in [3.63, 3.8) is 0 Å². The van der Waals surface area contributed by atoms with Crippen molar-refractivity contribution in [1.29, 1.82) is 0 Å². The summed E-state index contributed by atoms with van der Waals surface area (Å²) in [6, 6.07) is 17.8. The zero-order valence-corrected chi connectivity index (χ0v) is 14.3. The van der Waals surface area contributed by atoms with E-state index in [1.807, 2.05) is 37.3 Å². The standard InChI is InChI=1S/C19H17Cl2NO/c1-2-23-19-10-7-13-5-3-4-6-15(13)16(19)12-22-18-9-8-14(20)11-17(18)21/h3-11,22H,2,12H2,1H3. The highest BCUT2D eigenvalue weighted by Crippen LogP contribution is 2.31. The Morgan fingerprint density at radius 2 is 1.83 bits per heavy atom. The lowest BCUT2D eigenvalue weighted by Crippen LogP contribution is -2.04. The van der Waals surface area contributed by atoms with E-state index in [2.05, 4.69) is 23.5 Å². The first-order valence-electron chi connectivity index (χ1n) is 7.51. The molecule has 0 unspecified atom stereocenters. The quantitative estimate of drug-likeness (QED) is 0.598. The maximum Gasteiger partial charge on any atom is 0.124 e. The number of ether oxygens (including phenoxy) is 1. The molecule has 0 heterocycles. The van der Waals surface area contributed by atoms with Crippen LogP contribution in [0.25, 0.3) is 10.8 Å². The normalized spacial score (nSPS) is 10.7. The summed E-state index contributed by atoms with van der Waals surface area (Å²) in [5, 5.41) is 6.98. The molecule has 0 fully saturated rings. The molecule has 0 radical (unpaired) electrons. The molecular formula is C19H17Cl2NO. The summed E-state index contributed by atoms with van der Waals surface area (Å²) >= 11 is 12.2. The summed E-state index contributed by atoms with van der Waals surface area (Å²) in [5.74, 6) is 0.892. The number of nitrogens with one attached hydrogen (secondary N) is 1. The number of benzene rings is 3. The van der Waals surface area contributed by atoms with Crippen LogP contribution in [0.4, 0.5) is 5.69 Å². The third kappa shape index (κ3) is 3.54. The van der Waals surface area contributed by atoms with Gasteiger partial charge in [-0.2, -0.15) is 0 Å². The second-order valence-electron chi connectivity index (χ2n) is 5.17. The van der Waals surface area contributed by atoms with E-state index in [4.69, 9.17) is 27.9 Å². The van der Waals surface area contributed by atoms with Gasteiger partial charge in [-0.05, 0) is 42.0 Å². The summed E-state index contributed by atoms with van der Waals surface area (Å²) in [5.41, 5.74) is 1.97. The molecule has 0 bridgehead atoms. The van der Waals surface area contributed by atoms with Crippen molar-refractivity contribution in [2.75, 3.05) is 11.9 Å². The minimum Gasteiger partial charge on any atom is -0.494 e. The summed E-state index contributed by atoms with van der Waals surface area (Å²) < 4.78 is 5.79. The molecule has 0 amide bonds. The van der Waals surface area contributed by atoms with Crippen LogP contribution < -0.4 is 10.1 Å². The molecular weight excluding hydrogens is 329 g/mol. The lowest BCUT2D eigenvalue weighted by atomic mass is 10.0. The first-order chi connectivity index (χ1) is 11.2. The van der Waals surface area contributed by atoms with Gasteiger partial charge in [0.25, 0.3) is 0 Å². The number of rotatable bonds is 5. The van der Waals surface area contributed by atoms with E-state index in [9.17, 15) is 0 Å². The molecule has 0 aliphatic heterocycles. The van der Waals surface area contributed by atoms with Gasteiger partial charge in [-0.15, -0.1) is 0 Å². The molecule has 23 heavy (non-hydrogen) atoms. The van der Waals surface area contributed by atoms with Crippen molar-refractivity contribution < 1.29 is 4.74 Å². The number of halogens is 2. The van der Waals surface area contributed by atoms with Gasteiger partial charge in [-0.3, -0.25) is 0 Å². The fraction of sp³-hybridized carbons (Fsp3) is 0.158. The molecule has 0 aliphatic carbocycles. The third-order valence-corrected chi connectivity index (χ3v) is 4.23. The van der Waals surface area contributed by atoms with Crippen LogP contribution in [0.1, 0.15) is 12.5 Å². The average molecular weight is 346 g/mol. The molecule has 0 spiro atoms. The highest BCUT2D eigenvalue weighted by atomic mass is 35.5. The first-order valence-corrected chi connectivity index (χ1v) is 8.27. The van der Waals surface area contributed by atoms with Crippen molar-refractivity contribution >= 4 is 39.7 Å². The van der Waals surface area contributed by atoms with Crippen LogP contribution in [0.5, 0.6) is 5.75 Å². The molecule has 0 saturated heterocycles. The van der Waals surface area contributed by atoms with E-state index in [0.717, 1.165) is 17.0 Å². The average Bonchev–Trinajstić information content (AvgIpc) is 2.55. The predicted molar refractivity (Wildman–Crippen MR) is 98.9 cm³/mol. The van der Waals surface area contributed by atoms with Crippen LogP contribution in [0.2, 0.25) is 10.0 Å². The van der Waals surface area contributed by atoms with E-state index in [-0.39, 0.29) is 0 Å². The Morgan fingerprint density at radius 1 is 1.00 bits per heavy atom. The van der Waals surface area contributed by atoms with E-state index in [0.29, 0.717) is 23.2 Å². The van der Waals surface area contributed by atoms with Crippen molar-refractivity contribution in [1.82, 2.24) is 0 Å². The molecule has 3 rings (SSSR count). The SMILES string of the molecule is CCOc1ccc2ccccc2c1CNc1ccc(Cl)cc1Cl. The van der Waals surface area contributed by atoms with Crippen LogP contribution in [0.15, 0.2) is 54.6 Å². The van der Waals surface area contributed by atoms with E-state index >= 15 is 0 Å². The van der Waals surface area contributed by atoms with Gasteiger partial charge in [-0.1, -0.05) is 53.5 Å². The second-order valence-corrected chi connectivity index (χ2v) is 6.02. The molecule has 1 N–H and O–H groups in total. The lowest BCUT2D eigenvalue weighted by Gasteiger charge is -2.15. The largest absolute Gasteiger partial charge is 0.494 e. The zero-order valence-electron chi connectivity index (χ0n) is 12.8. The number of fused-ring (bicyclic) bond motifs is 1. The van der Waals surface area contributed by atoms with Gasteiger partial charge >= 0.3 is 0 Å². The first kappa shape index (κ1) is 16.0. The Bertz CT molecular complexity index is 833. The summed E-state index contributed by atoms with van der Waals surface area (Å²) in [6.45, 7) is 3.24. The van der Waals surface area contributed by atoms with Crippen LogP contribution in [-0.2, 0) is 6.54 Å². The lowest BCUT2D eigenvalue weighted by molar-refractivity contribution is 0.337. The van der Waals surface area contributed by atoms with Gasteiger partial charge in [0.2, 0.25) is 0 Å². The van der Waals surface area contributed by atoms with E-state index < -0.39 is 0 Å². The molecule has 118 valence electrons. The molecule has 0 aliphatic rings. The van der Waals surface area contributed by atoms with Crippen LogP contribution in [0, 0.1) is 0 Å². The maximum atomic E-state index is 6.24. The van der Waals surface area contributed by atoms with Crippen molar-refractivity contribution in [2.45, 2.75) is 13.5 Å². The van der Waals surface area contributed by atoms with Crippen molar-refractivity contribution in [3.8, 4) is 5.75 Å². The highest BCUT2D eigenvalue weighted by molar-refractivity contribution is 6.36. The van der Waals surface area contributed by atoms with Gasteiger partial charge in [0.05, 0.1) is 17.3 Å². The van der Waals surface area contributed by atoms with Gasteiger partial charge in [0.1, 0.15) is 5.75 Å². The van der Waals surface area contributed by atoms with Crippen molar-refractivity contribution in [2.24, 2.45) is 0 Å². The number of anilines is 1. The minimum absolute atomic E-state index is 0.607. The Balaban J connectivity index is 1.95. The molecule has 0 aromatic heterocycles. The smallest absolute Gasteiger partial charge is 0.124 e. The van der Waals surface area contributed by atoms with Crippen LogP contribution in [0.3, 0.4) is 0 Å². The zero-order chi connectivity index (χ0) is 16.2.